The SMILES string of the molecule is CC(C)(C)C(=O)ON1CCC(Nc2cc(C#N)ccc2N)CC1. The van der Waals surface area contributed by atoms with E-state index in [1.54, 1.807) is 23.3 Å². The van der Waals surface area contributed by atoms with Crippen LogP contribution in [-0.2, 0) is 9.63 Å². The lowest BCUT2D eigenvalue weighted by Gasteiger charge is -2.33. The molecule has 1 saturated heterocycles. The summed E-state index contributed by atoms with van der Waals surface area (Å²) in [5, 5.41) is 14.1. The fourth-order valence-electron chi connectivity index (χ4n) is 2.32. The van der Waals surface area contributed by atoms with Crippen molar-refractivity contribution in [3.63, 3.8) is 0 Å². The van der Waals surface area contributed by atoms with E-state index in [1.165, 1.54) is 0 Å². The number of hydrogen-bond donors (Lipinski definition) is 2. The number of hydroxylamine groups is 2. The Hall–Kier alpha value is -2.26. The standard InChI is InChI=1S/C17H24N4O2/c1-17(2,3)16(22)23-21-8-6-13(7-9-21)20-15-10-12(11-18)4-5-14(15)19/h4-5,10,13,20H,6-9,19H2,1-3H3. The van der Waals surface area contributed by atoms with Crippen LogP contribution < -0.4 is 11.1 Å². The van der Waals surface area contributed by atoms with Crippen LogP contribution in [0, 0.1) is 16.7 Å². The van der Waals surface area contributed by atoms with Gasteiger partial charge in [0.05, 0.1) is 28.4 Å². The summed E-state index contributed by atoms with van der Waals surface area (Å²) >= 11 is 0. The van der Waals surface area contributed by atoms with Crippen molar-refractivity contribution in [2.75, 3.05) is 24.1 Å². The summed E-state index contributed by atoms with van der Waals surface area (Å²) in [6.45, 7) is 6.88. The third kappa shape index (κ3) is 4.60. The van der Waals surface area contributed by atoms with Crippen molar-refractivity contribution in [2.24, 2.45) is 5.41 Å². The topological polar surface area (TPSA) is 91.4 Å². The Kier molecular flexibility index (Phi) is 5.12. The van der Waals surface area contributed by atoms with Gasteiger partial charge in [0.1, 0.15) is 0 Å². The highest BCUT2D eigenvalue weighted by Crippen LogP contribution is 2.24. The fourth-order valence-corrected chi connectivity index (χ4v) is 2.32. The van der Waals surface area contributed by atoms with E-state index in [9.17, 15) is 4.79 Å². The summed E-state index contributed by atoms with van der Waals surface area (Å²) in [6.07, 6.45) is 1.68. The number of hydrogen-bond acceptors (Lipinski definition) is 6. The molecular formula is C17H24N4O2. The first-order valence-electron chi connectivity index (χ1n) is 7.83. The van der Waals surface area contributed by atoms with Gasteiger partial charge in [-0.3, -0.25) is 0 Å². The quantitative estimate of drug-likeness (QED) is 0.833. The number of nitrogens with one attached hydrogen (secondary N) is 1. The molecule has 124 valence electrons. The minimum atomic E-state index is -0.499. The molecule has 3 N–H and O–H groups in total. The van der Waals surface area contributed by atoms with Gasteiger partial charge in [-0.05, 0) is 51.8 Å². The summed E-state index contributed by atoms with van der Waals surface area (Å²) in [4.78, 5) is 17.3. The van der Waals surface area contributed by atoms with Crippen molar-refractivity contribution in [1.82, 2.24) is 5.06 Å². The van der Waals surface area contributed by atoms with Crippen molar-refractivity contribution in [3.05, 3.63) is 23.8 Å². The van der Waals surface area contributed by atoms with Gasteiger partial charge in [0.2, 0.25) is 0 Å². The van der Waals surface area contributed by atoms with Crippen LogP contribution in [0.5, 0.6) is 0 Å². The van der Waals surface area contributed by atoms with Crippen molar-refractivity contribution in [1.29, 1.82) is 5.26 Å². The van der Waals surface area contributed by atoms with E-state index in [0.29, 0.717) is 24.3 Å². The fraction of sp³-hybridized carbons (Fsp3) is 0.529. The maximum atomic E-state index is 11.9. The van der Waals surface area contributed by atoms with Crippen LogP contribution in [0.2, 0.25) is 0 Å². The number of carbonyl (C=O) groups excluding carboxylic acids is 1. The Morgan fingerprint density at radius 1 is 1.39 bits per heavy atom. The molecule has 1 aliphatic heterocycles. The zero-order valence-electron chi connectivity index (χ0n) is 13.9. The van der Waals surface area contributed by atoms with Crippen LogP contribution >= 0.6 is 0 Å². The lowest BCUT2D eigenvalue weighted by molar-refractivity contribution is -0.204. The van der Waals surface area contributed by atoms with E-state index >= 15 is 0 Å². The second-order valence-corrected chi connectivity index (χ2v) is 6.89. The van der Waals surface area contributed by atoms with E-state index in [-0.39, 0.29) is 12.0 Å². The number of nitrogen functional groups attached to an aromatic ring is 1. The number of nitriles is 1. The predicted molar refractivity (Wildman–Crippen MR) is 89.3 cm³/mol. The third-order valence-corrected chi connectivity index (χ3v) is 3.82. The first-order valence-corrected chi connectivity index (χ1v) is 7.83. The average Bonchev–Trinajstić information content (AvgIpc) is 2.50. The number of benzene rings is 1. The first kappa shape index (κ1) is 17.1. The second kappa shape index (κ2) is 6.88. The number of anilines is 2. The molecule has 1 aromatic carbocycles. The van der Waals surface area contributed by atoms with Gasteiger partial charge >= 0.3 is 5.97 Å². The van der Waals surface area contributed by atoms with E-state index in [0.717, 1.165) is 18.5 Å². The minimum Gasteiger partial charge on any atom is -0.397 e. The zero-order valence-corrected chi connectivity index (χ0v) is 13.9. The lowest BCUT2D eigenvalue weighted by atomic mass is 9.98. The Balaban J connectivity index is 1.88. The Labute approximate surface area is 137 Å². The van der Waals surface area contributed by atoms with Gasteiger partial charge in [-0.2, -0.15) is 5.26 Å². The predicted octanol–water partition coefficient (Wildman–Crippen LogP) is 2.52. The molecular weight excluding hydrogens is 292 g/mol. The molecule has 6 nitrogen and oxygen atoms in total. The maximum absolute atomic E-state index is 11.9. The highest BCUT2D eigenvalue weighted by Gasteiger charge is 2.28. The largest absolute Gasteiger partial charge is 0.397 e. The second-order valence-electron chi connectivity index (χ2n) is 6.89. The summed E-state index contributed by atoms with van der Waals surface area (Å²) in [5.74, 6) is -0.213. The van der Waals surface area contributed by atoms with Crippen molar-refractivity contribution >= 4 is 17.3 Å². The molecule has 1 heterocycles. The van der Waals surface area contributed by atoms with Gasteiger partial charge < -0.3 is 15.9 Å². The highest BCUT2D eigenvalue weighted by molar-refractivity contribution is 5.75. The smallest absolute Gasteiger partial charge is 0.330 e. The monoisotopic (exact) mass is 316 g/mol. The van der Waals surface area contributed by atoms with Gasteiger partial charge in [0.15, 0.2) is 0 Å². The molecule has 0 aromatic heterocycles. The average molecular weight is 316 g/mol. The molecule has 0 saturated carbocycles. The van der Waals surface area contributed by atoms with E-state index < -0.39 is 5.41 Å². The van der Waals surface area contributed by atoms with E-state index in [1.807, 2.05) is 20.8 Å². The Morgan fingerprint density at radius 3 is 2.61 bits per heavy atom. The molecule has 1 fully saturated rings. The molecule has 0 aliphatic carbocycles. The number of nitrogens with zero attached hydrogens (tertiary/aromatic N) is 2. The normalized spacial score (nSPS) is 16.6. The summed E-state index contributed by atoms with van der Waals surface area (Å²) in [6, 6.07) is 7.57. The molecule has 0 bridgehead atoms. The minimum absolute atomic E-state index is 0.213. The van der Waals surface area contributed by atoms with E-state index in [4.69, 9.17) is 15.8 Å². The van der Waals surface area contributed by atoms with Crippen LogP contribution in [0.3, 0.4) is 0 Å². The molecule has 2 rings (SSSR count). The van der Waals surface area contributed by atoms with Gasteiger partial charge in [-0.25, -0.2) is 4.79 Å². The lowest BCUT2D eigenvalue weighted by Crippen LogP contribution is -2.42. The molecule has 6 heteroatoms. The molecule has 1 aromatic rings. The van der Waals surface area contributed by atoms with E-state index in [2.05, 4.69) is 11.4 Å². The summed E-state index contributed by atoms with van der Waals surface area (Å²) in [5.41, 5.74) is 7.45. The number of nitrogens with two attached hydrogens (primary N) is 1. The van der Waals surface area contributed by atoms with Crippen LogP contribution in [0.1, 0.15) is 39.2 Å². The van der Waals surface area contributed by atoms with Crippen LogP contribution in [0.15, 0.2) is 18.2 Å². The Morgan fingerprint density at radius 2 is 2.04 bits per heavy atom. The Bertz CT molecular complexity index is 608. The molecule has 0 atom stereocenters. The van der Waals surface area contributed by atoms with Gasteiger partial charge in [-0.1, -0.05) is 0 Å². The summed E-state index contributed by atoms with van der Waals surface area (Å²) in [7, 11) is 0. The molecule has 0 radical (unpaired) electrons. The molecule has 0 unspecified atom stereocenters. The third-order valence-electron chi connectivity index (χ3n) is 3.82. The van der Waals surface area contributed by atoms with Crippen LogP contribution in [-0.4, -0.2) is 30.2 Å². The van der Waals surface area contributed by atoms with Gasteiger partial charge in [0.25, 0.3) is 0 Å². The molecule has 0 amide bonds. The first-order chi connectivity index (χ1) is 10.8. The van der Waals surface area contributed by atoms with Crippen LogP contribution in [0.25, 0.3) is 0 Å². The number of piperidine rings is 1. The zero-order chi connectivity index (χ0) is 17.0. The van der Waals surface area contributed by atoms with Gasteiger partial charge in [-0.15, -0.1) is 5.06 Å². The summed E-state index contributed by atoms with van der Waals surface area (Å²) < 4.78 is 0. The van der Waals surface area contributed by atoms with Crippen molar-refractivity contribution in [2.45, 2.75) is 39.7 Å². The number of rotatable bonds is 3. The molecule has 1 aliphatic rings. The number of carbonyl (C=O) groups is 1. The van der Waals surface area contributed by atoms with Crippen LogP contribution in [0.4, 0.5) is 11.4 Å². The molecule has 23 heavy (non-hydrogen) atoms. The molecule has 0 spiro atoms. The van der Waals surface area contributed by atoms with Crippen molar-refractivity contribution < 1.29 is 9.63 Å². The maximum Gasteiger partial charge on any atom is 0.330 e. The van der Waals surface area contributed by atoms with Crippen molar-refractivity contribution in [3.8, 4) is 6.07 Å². The highest BCUT2D eigenvalue weighted by atomic mass is 16.7. The van der Waals surface area contributed by atoms with Gasteiger partial charge in [0, 0.05) is 19.1 Å².